The van der Waals surface area contributed by atoms with Crippen LogP contribution in [0, 0.1) is 18.3 Å². The molecule has 0 radical (unpaired) electrons. The van der Waals surface area contributed by atoms with Crippen LogP contribution in [0.15, 0.2) is 18.2 Å². The van der Waals surface area contributed by atoms with Crippen LogP contribution in [0.3, 0.4) is 0 Å². The zero-order chi connectivity index (χ0) is 26.0. The maximum atomic E-state index is 12.1. The van der Waals surface area contributed by atoms with E-state index in [1.807, 2.05) is 52.3 Å². The molecule has 0 spiro atoms. The van der Waals surface area contributed by atoms with Crippen molar-refractivity contribution in [2.75, 3.05) is 13.1 Å². The summed E-state index contributed by atoms with van der Waals surface area (Å²) in [7, 11) is 0. The van der Waals surface area contributed by atoms with Crippen molar-refractivity contribution < 1.29 is 14.3 Å². The summed E-state index contributed by atoms with van der Waals surface area (Å²) in [6, 6.07) is 7.69. The highest BCUT2D eigenvalue weighted by Crippen LogP contribution is 2.32. The Hall–Kier alpha value is -3.29. The van der Waals surface area contributed by atoms with Crippen LogP contribution in [-0.2, 0) is 22.5 Å². The second-order valence-corrected chi connectivity index (χ2v) is 11.1. The van der Waals surface area contributed by atoms with Gasteiger partial charge >= 0.3 is 5.97 Å². The van der Waals surface area contributed by atoms with Crippen molar-refractivity contribution >= 4 is 17.3 Å². The first-order chi connectivity index (χ1) is 17.0. The van der Waals surface area contributed by atoms with Gasteiger partial charge in [0.25, 0.3) is 0 Å². The zero-order valence-corrected chi connectivity index (χ0v) is 22.5. The van der Waals surface area contributed by atoms with Gasteiger partial charge in [0.2, 0.25) is 5.13 Å². The fourth-order valence-electron chi connectivity index (χ4n) is 4.11. The van der Waals surface area contributed by atoms with E-state index in [1.54, 1.807) is 12.1 Å². The van der Waals surface area contributed by atoms with E-state index >= 15 is 0 Å². The minimum atomic E-state index is -0.468. The SMILES string of the molecule is Cc1c2c(nn1-c1nnc(-c3ccc(OC(C)C)c(C#N)c3)s1)CCN(CCC(=O)OC(C)(C)C)C2. The van der Waals surface area contributed by atoms with Gasteiger partial charge in [0, 0.05) is 42.9 Å². The van der Waals surface area contributed by atoms with Crippen molar-refractivity contribution in [2.24, 2.45) is 0 Å². The van der Waals surface area contributed by atoms with Crippen LogP contribution < -0.4 is 4.74 Å². The van der Waals surface area contributed by atoms with Gasteiger partial charge in [-0.1, -0.05) is 11.3 Å². The third-order valence-electron chi connectivity index (χ3n) is 5.73. The molecule has 3 heterocycles. The second-order valence-electron chi connectivity index (χ2n) is 10.2. The van der Waals surface area contributed by atoms with Crippen LogP contribution >= 0.6 is 11.3 Å². The quantitative estimate of drug-likeness (QED) is 0.431. The van der Waals surface area contributed by atoms with Gasteiger partial charge in [0.05, 0.1) is 23.8 Å². The molecule has 3 aromatic rings. The minimum absolute atomic E-state index is 0.0156. The number of hydrogen-bond donors (Lipinski definition) is 0. The van der Waals surface area contributed by atoms with Gasteiger partial charge in [-0.3, -0.25) is 9.69 Å². The van der Waals surface area contributed by atoms with Crippen LogP contribution in [0.4, 0.5) is 0 Å². The summed E-state index contributed by atoms with van der Waals surface area (Å²) < 4.78 is 13.0. The Morgan fingerprint density at radius 3 is 2.75 bits per heavy atom. The summed E-state index contributed by atoms with van der Waals surface area (Å²) in [6.07, 6.45) is 1.16. The summed E-state index contributed by atoms with van der Waals surface area (Å²) in [5, 5.41) is 24.5. The molecular weight excluding hydrogens is 476 g/mol. The van der Waals surface area contributed by atoms with Crippen molar-refractivity contribution in [3.05, 3.63) is 40.7 Å². The van der Waals surface area contributed by atoms with E-state index in [4.69, 9.17) is 14.6 Å². The van der Waals surface area contributed by atoms with Gasteiger partial charge in [-0.05, 0) is 59.7 Å². The number of carbonyl (C=O) groups excluding carboxylic acids is 1. The number of benzene rings is 1. The average molecular weight is 509 g/mol. The topological polar surface area (TPSA) is 106 Å². The van der Waals surface area contributed by atoms with Crippen LogP contribution in [-0.4, -0.2) is 55.6 Å². The van der Waals surface area contributed by atoms with E-state index in [-0.39, 0.29) is 12.1 Å². The van der Waals surface area contributed by atoms with Gasteiger partial charge < -0.3 is 9.47 Å². The fourth-order valence-corrected chi connectivity index (χ4v) is 4.96. The molecule has 0 unspecified atom stereocenters. The predicted octanol–water partition coefficient (Wildman–Crippen LogP) is 4.45. The molecule has 4 rings (SSSR count). The molecule has 0 amide bonds. The number of fused-ring (bicyclic) bond motifs is 1. The van der Waals surface area contributed by atoms with Crippen LogP contribution in [0.2, 0.25) is 0 Å². The molecule has 1 aliphatic heterocycles. The first-order valence-corrected chi connectivity index (χ1v) is 12.9. The number of aromatic nitrogens is 4. The lowest BCUT2D eigenvalue weighted by Gasteiger charge is -2.27. The van der Waals surface area contributed by atoms with E-state index in [0.717, 1.165) is 36.5 Å². The van der Waals surface area contributed by atoms with Crippen molar-refractivity contribution in [3.63, 3.8) is 0 Å². The molecule has 1 aromatic carbocycles. The molecule has 0 saturated carbocycles. The van der Waals surface area contributed by atoms with E-state index < -0.39 is 5.60 Å². The van der Waals surface area contributed by atoms with Crippen LogP contribution in [0.25, 0.3) is 15.7 Å². The standard InChI is InChI=1S/C26H32N6O3S/c1-16(2)34-22-8-7-18(13-19(22)14-27)24-28-29-25(36-24)32-17(3)20-15-31(11-9-21(20)30-32)12-10-23(33)35-26(4,5)6/h7-8,13,16H,9-12,15H2,1-6H3. The molecule has 10 heteroatoms. The normalized spacial score (nSPS) is 13.9. The first-order valence-electron chi connectivity index (χ1n) is 12.1. The van der Waals surface area contributed by atoms with E-state index in [1.165, 1.54) is 16.9 Å². The molecule has 0 saturated heterocycles. The zero-order valence-electron chi connectivity index (χ0n) is 21.7. The molecule has 190 valence electrons. The Kier molecular flexibility index (Phi) is 7.43. The first kappa shape index (κ1) is 25.8. The Bertz CT molecular complexity index is 1300. The summed E-state index contributed by atoms with van der Waals surface area (Å²) in [5.41, 5.74) is 4.06. The Morgan fingerprint density at radius 2 is 2.06 bits per heavy atom. The second kappa shape index (κ2) is 10.4. The largest absolute Gasteiger partial charge is 0.490 e. The summed E-state index contributed by atoms with van der Waals surface area (Å²) in [5.74, 6) is 0.387. The third-order valence-corrected chi connectivity index (χ3v) is 6.68. The van der Waals surface area contributed by atoms with Crippen LogP contribution in [0.5, 0.6) is 5.75 Å². The van der Waals surface area contributed by atoms with E-state index in [0.29, 0.717) is 34.4 Å². The summed E-state index contributed by atoms with van der Waals surface area (Å²) in [6.45, 7) is 13.8. The monoisotopic (exact) mass is 508 g/mol. The van der Waals surface area contributed by atoms with E-state index in [2.05, 4.69) is 21.2 Å². The van der Waals surface area contributed by atoms with Crippen molar-refractivity contribution in [1.29, 1.82) is 5.26 Å². The Morgan fingerprint density at radius 1 is 1.28 bits per heavy atom. The Balaban J connectivity index is 1.48. The van der Waals surface area contributed by atoms with Crippen molar-refractivity contribution in [2.45, 2.75) is 72.6 Å². The highest BCUT2D eigenvalue weighted by atomic mass is 32.1. The number of esters is 1. The molecule has 1 aliphatic rings. The van der Waals surface area contributed by atoms with Crippen molar-refractivity contribution in [1.82, 2.24) is 24.9 Å². The highest BCUT2D eigenvalue weighted by Gasteiger charge is 2.25. The predicted molar refractivity (Wildman–Crippen MR) is 137 cm³/mol. The van der Waals surface area contributed by atoms with Gasteiger partial charge in [0.1, 0.15) is 22.4 Å². The summed E-state index contributed by atoms with van der Waals surface area (Å²) in [4.78, 5) is 14.4. The molecule has 0 N–H and O–H groups in total. The maximum absolute atomic E-state index is 12.1. The number of nitrogens with zero attached hydrogens (tertiary/aromatic N) is 6. The van der Waals surface area contributed by atoms with Gasteiger partial charge in [0.15, 0.2) is 0 Å². The van der Waals surface area contributed by atoms with Gasteiger partial charge in [-0.2, -0.15) is 10.4 Å². The molecule has 0 bridgehead atoms. The highest BCUT2D eigenvalue weighted by molar-refractivity contribution is 7.17. The number of hydrogen-bond acceptors (Lipinski definition) is 9. The van der Waals surface area contributed by atoms with E-state index in [9.17, 15) is 10.1 Å². The lowest BCUT2D eigenvalue weighted by atomic mass is 10.1. The number of nitriles is 1. The lowest BCUT2D eigenvalue weighted by Crippen LogP contribution is -2.33. The van der Waals surface area contributed by atoms with Gasteiger partial charge in [-0.25, -0.2) is 4.68 Å². The lowest BCUT2D eigenvalue weighted by molar-refractivity contribution is -0.155. The molecule has 36 heavy (non-hydrogen) atoms. The molecule has 0 atom stereocenters. The number of ether oxygens (including phenoxy) is 2. The smallest absolute Gasteiger partial charge is 0.307 e. The third kappa shape index (κ3) is 5.91. The molecule has 9 nitrogen and oxygen atoms in total. The average Bonchev–Trinajstić information content (AvgIpc) is 3.41. The van der Waals surface area contributed by atoms with Crippen LogP contribution in [0.1, 0.15) is 63.6 Å². The van der Waals surface area contributed by atoms with Crippen molar-refractivity contribution in [3.8, 4) is 27.5 Å². The Labute approximate surface area is 215 Å². The number of rotatable bonds is 7. The molecular formula is C26H32N6O3S. The molecule has 0 fully saturated rings. The minimum Gasteiger partial charge on any atom is -0.490 e. The number of carbonyl (C=O) groups is 1. The van der Waals surface area contributed by atoms with Gasteiger partial charge in [-0.15, -0.1) is 10.2 Å². The molecule has 0 aliphatic carbocycles. The molecule has 2 aromatic heterocycles. The maximum Gasteiger partial charge on any atom is 0.307 e. The summed E-state index contributed by atoms with van der Waals surface area (Å²) >= 11 is 1.43. The fraction of sp³-hybridized carbons (Fsp3) is 0.500.